The van der Waals surface area contributed by atoms with Crippen LogP contribution in [0.5, 0.6) is 0 Å². The summed E-state index contributed by atoms with van der Waals surface area (Å²) in [6.07, 6.45) is -4.36. The summed E-state index contributed by atoms with van der Waals surface area (Å²) in [6.45, 7) is 2.89. The highest BCUT2D eigenvalue weighted by Crippen LogP contribution is 2.37. The number of benzene rings is 1. The lowest BCUT2D eigenvalue weighted by atomic mass is 10.1. The van der Waals surface area contributed by atoms with E-state index in [1.807, 2.05) is 6.92 Å². The lowest BCUT2D eigenvalue weighted by molar-refractivity contribution is -0.139. The minimum atomic E-state index is -4.36. The van der Waals surface area contributed by atoms with Gasteiger partial charge in [-0.15, -0.1) is 11.8 Å². The molecule has 0 amide bonds. The second-order valence-electron chi connectivity index (χ2n) is 3.68. The third-order valence-corrected chi connectivity index (χ3v) is 3.33. The van der Waals surface area contributed by atoms with Gasteiger partial charge in [-0.3, -0.25) is 0 Å². The van der Waals surface area contributed by atoms with Crippen LogP contribution in [0.15, 0.2) is 23.1 Å². The van der Waals surface area contributed by atoms with Gasteiger partial charge in [0.25, 0.3) is 0 Å². The molecule has 0 radical (unpaired) electrons. The van der Waals surface area contributed by atoms with E-state index in [0.717, 1.165) is 11.8 Å². The molecule has 6 heteroatoms. The first-order valence-corrected chi connectivity index (χ1v) is 6.62. The molecule has 1 aromatic carbocycles. The first kappa shape index (κ1) is 15.3. The van der Waals surface area contributed by atoms with Gasteiger partial charge in [0, 0.05) is 17.2 Å². The van der Waals surface area contributed by atoms with Crippen LogP contribution in [0.1, 0.15) is 18.1 Å². The number of hydrogen-bond donors (Lipinski definition) is 2. The molecule has 0 unspecified atom stereocenters. The molecule has 0 spiro atoms. The normalized spacial score (nSPS) is 11.8. The first-order valence-electron chi connectivity index (χ1n) is 5.63. The Bertz CT molecular complexity index is 382. The van der Waals surface area contributed by atoms with Crippen molar-refractivity contribution in [1.29, 1.82) is 0 Å². The molecule has 1 rings (SSSR count). The fourth-order valence-corrected chi connectivity index (χ4v) is 2.27. The molecule has 0 atom stereocenters. The predicted octanol–water partition coefficient (Wildman–Crippen LogP) is 2.90. The van der Waals surface area contributed by atoms with Gasteiger partial charge in [0.1, 0.15) is 0 Å². The molecule has 1 aromatic rings. The van der Waals surface area contributed by atoms with E-state index in [2.05, 4.69) is 5.32 Å². The van der Waals surface area contributed by atoms with Gasteiger partial charge in [-0.05, 0) is 24.2 Å². The first-order chi connectivity index (χ1) is 8.49. The summed E-state index contributed by atoms with van der Waals surface area (Å²) >= 11 is 1.02. The minimum Gasteiger partial charge on any atom is -0.396 e. The molecule has 0 aliphatic rings. The van der Waals surface area contributed by atoms with E-state index >= 15 is 0 Å². The number of rotatable bonds is 6. The van der Waals surface area contributed by atoms with Crippen molar-refractivity contribution in [3.8, 4) is 0 Å². The van der Waals surface area contributed by atoms with Gasteiger partial charge < -0.3 is 10.4 Å². The minimum absolute atomic E-state index is 0.138. The molecule has 0 fully saturated rings. The van der Waals surface area contributed by atoms with Crippen molar-refractivity contribution < 1.29 is 18.3 Å². The second-order valence-corrected chi connectivity index (χ2v) is 4.82. The van der Waals surface area contributed by atoms with E-state index in [9.17, 15) is 13.2 Å². The van der Waals surface area contributed by atoms with Gasteiger partial charge in [-0.25, -0.2) is 0 Å². The number of halogens is 3. The van der Waals surface area contributed by atoms with Crippen LogP contribution in [0.25, 0.3) is 0 Å². The Labute approximate surface area is 109 Å². The maximum absolute atomic E-state index is 12.9. The Hall–Kier alpha value is -0.720. The predicted molar refractivity (Wildman–Crippen MR) is 66.6 cm³/mol. The monoisotopic (exact) mass is 279 g/mol. The Balaban J connectivity index is 2.97. The molecular weight excluding hydrogens is 263 g/mol. The van der Waals surface area contributed by atoms with E-state index in [1.54, 1.807) is 6.07 Å². The Morgan fingerprint density at radius 3 is 2.61 bits per heavy atom. The zero-order valence-electron chi connectivity index (χ0n) is 10.0. The van der Waals surface area contributed by atoms with Crippen molar-refractivity contribution in [3.05, 3.63) is 29.3 Å². The summed E-state index contributed by atoms with van der Waals surface area (Å²) in [6, 6.07) is 4.32. The van der Waals surface area contributed by atoms with Gasteiger partial charge in [0.05, 0.1) is 12.2 Å². The van der Waals surface area contributed by atoms with Crippen LogP contribution >= 0.6 is 11.8 Å². The Morgan fingerprint density at radius 2 is 2.06 bits per heavy atom. The standard InChI is InChI=1S/C12H16F3NOS/c1-2-16-8-9-3-4-11(18-6-5-17)10(7-9)12(13,14)15/h3-4,7,16-17H,2,5-6,8H2,1H3. The summed E-state index contributed by atoms with van der Waals surface area (Å²) in [7, 11) is 0. The van der Waals surface area contributed by atoms with Crippen LogP contribution in [-0.2, 0) is 12.7 Å². The molecule has 0 bridgehead atoms. The quantitative estimate of drug-likeness (QED) is 0.785. The molecule has 2 N–H and O–H groups in total. The van der Waals surface area contributed by atoms with Crippen LogP contribution in [0.2, 0.25) is 0 Å². The molecular formula is C12H16F3NOS. The summed E-state index contributed by atoms with van der Waals surface area (Å²) in [5, 5.41) is 11.7. The third kappa shape index (κ3) is 4.51. The Morgan fingerprint density at radius 1 is 1.33 bits per heavy atom. The van der Waals surface area contributed by atoms with Crippen LogP contribution < -0.4 is 5.32 Å². The van der Waals surface area contributed by atoms with E-state index in [4.69, 9.17) is 5.11 Å². The van der Waals surface area contributed by atoms with Crippen LogP contribution in [0, 0.1) is 0 Å². The van der Waals surface area contributed by atoms with Crippen LogP contribution in [0.4, 0.5) is 13.2 Å². The molecule has 2 nitrogen and oxygen atoms in total. The van der Waals surface area contributed by atoms with E-state index in [-0.39, 0.29) is 17.3 Å². The van der Waals surface area contributed by atoms with Gasteiger partial charge in [-0.2, -0.15) is 13.2 Å². The molecule has 0 aliphatic heterocycles. The van der Waals surface area contributed by atoms with E-state index in [1.165, 1.54) is 12.1 Å². The van der Waals surface area contributed by atoms with Crippen molar-refractivity contribution in [1.82, 2.24) is 5.32 Å². The molecule has 0 aliphatic carbocycles. The van der Waals surface area contributed by atoms with Crippen molar-refractivity contribution in [2.75, 3.05) is 18.9 Å². The number of alkyl halides is 3. The Kier molecular flexibility index (Phi) is 5.98. The summed E-state index contributed by atoms with van der Waals surface area (Å²) in [5.74, 6) is 0.260. The van der Waals surface area contributed by atoms with Gasteiger partial charge in [-0.1, -0.05) is 13.0 Å². The second kappa shape index (κ2) is 7.01. The highest BCUT2D eigenvalue weighted by Gasteiger charge is 2.33. The van der Waals surface area contributed by atoms with Crippen molar-refractivity contribution in [2.45, 2.75) is 24.5 Å². The molecule has 102 valence electrons. The fourth-order valence-electron chi connectivity index (χ4n) is 1.46. The molecule has 0 saturated heterocycles. The molecule has 18 heavy (non-hydrogen) atoms. The topological polar surface area (TPSA) is 32.3 Å². The zero-order valence-corrected chi connectivity index (χ0v) is 10.9. The number of aliphatic hydroxyl groups excluding tert-OH is 1. The highest BCUT2D eigenvalue weighted by atomic mass is 32.2. The smallest absolute Gasteiger partial charge is 0.396 e. The summed E-state index contributed by atoms with van der Waals surface area (Å²) in [4.78, 5) is 0.164. The number of hydrogen-bond acceptors (Lipinski definition) is 3. The molecule has 0 aromatic heterocycles. The summed E-state index contributed by atoms with van der Waals surface area (Å²) < 4.78 is 38.6. The third-order valence-electron chi connectivity index (χ3n) is 2.28. The van der Waals surface area contributed by atoms with Gasteiger partial charge >= 0.3 is 6.18 Å². The van der Waals surface area contributed by atoms with Crippen molar-refractivity contribution >= 4 is 11.8 Å². The van der Waals surface area contributed by atoms with Gasteiger partial charge in [0.2, 0.25) is 0 Å². The number of thioether (sulfide) groups is 1. The molecule has 0 heterocycles. The average molecular weight is 279 g/mol. The molecule has 0 saturated carbocycles. The lowest BCUT2D eigenvalue weighted by Crippen LogP contribution is -2.14. The van der Waals surface area contributed by atoms with E-state index in [0.29, 0.717) is 18.7 Å². The van der Waals surface area contributed by atoms with E-state index < -0.39 is 11.7 Å². The van der Waals surface area contributed by atoms with Crippen LogP contribution in [-0.4, -0.2) is 24.0 Å². The largest absolute Gasteiger partial charge is 0.417 e. The maximum Gasteiger partial charge on any atom is 0.417 e. The average Bonchev–Trinajstić information content (AvgIpc) is 2.33. The summed E-state index contributed by atoms with van der Waals surface area (Å²) in [5.41, 5.74) is -0.0196. The SMILES string of the molecule is CCNCc1ccc(SCCO)c(C(F)(F)F)c1. The fraction of sp³-hybridized carbons (Fsp3) is 0.500. The number of nitrogens with one attached hydrogen (secondary N) is 1. The number of aliphatic hydroxyl groups is 1. The highest BCUT2D eigenvalue weighted by molar-refractivity contribution is 7.99. The zero-order chi connectivity index (χ0) is 13.6. The van der Waals surface area contributed by atoms with Crippen molar-refractivity contribution in [3.63, 3.8) is 0 Å². The van der Waals surface area contributed by atoms with Crippen LogP contribution in [0.3, 0.4) is 0 Å². The van der Waals surface area contributed by atoms with Gasteiger partial charge in [0.15, 0.2) is 0 Å². The van der Waals surface area contributed by atoms with Crippen molar-refractivity contribution in [2.24, 2.45) is 0 Å². The lowest BCUT2D eigenvalue weighted by Gasteiger charge is -2.14. The maximum atomic E-state index is 12.9.